The molecule has 0 bridgehead atoms. The average molecular weight is 633 g/mol. The van der Waals surface area contributed by atoms with Crippen molar-refractivity contribution >= 4 is 33.5 Å². The van der Waals surface area contributed by atoms with Crippen LogP contribution in [0, 0.1) is 18.6 Å². The Morgan fingerprint density at radius 2 is 1.40 bits per heavy atom. The van der Waals surface area contributed by atoms with E-state index in [4.69, 9.17) is 25.2 Å². The molecule has 0 atom stereocenters. The first-order valence-corrected chi connectivity index (χ1v) is 14.3. The van der Waals surface area contributed by atoms with Crippen LogP contribution in [0.2, 0.25) is 5.02 Å². The van der Waals surface area contributed by atoms with Crippen molar-refractivity contribution in [2.75, 3.05) is 0 Å². The van der Waals surface area contributed by atoms with E-state index in [1.54, 1.807) is 30.3 Å². The van der Waals surface area contributed by atoms with Gasteiger partial charge in [-0.1, -0.05) is 43.1 Å². The summed E-state index contributed by atoms with van der Waals surface area (Å²) < 4.78 is 42.9. The minimum absolute atomic E-state index is 0.0149. The van der Waals surface area contributed by atoms with Crippen molar-refractivity contribution in [2.45, 2.75) is 33.1 Å². The van der Waals surface area contributed by atoms with Crippen LogP contribution in [-0.2, 0) is 12.8 Å². The van der Waals surface area contributed by atoms with E-state index in [1.165, 1.54) is 48.5 Å². The first kappa shape index (κ1) is 31.3. The van der Waals surface area contributed by atoms with Gasteiger partial charge >= 0.3 is 11.3 Å². The molecule has 0 spiro atoms. The van der Waals surface area contributed by atoms with E-state index in [2.05, 4.69) is 0 Å². The van der Waals surface area contributed by atoms with E-state index < -0.39 is 17.1 Å². The second-order valence-corrected chi connectivity index (χ2v) is 10.7. The molecule has 7 nitrogen and oxygen atoms in total. The molecule has 0 aliphatic carbocycles. The van der Waals surface area contributed by atoms with Gasteiger partial charge in [0.05, 0.1) is 5.02 Å². The Morgan fingerprint density at radius 3 is 2.04 bits per heavy atom. The molecule has 6 rings (SSSR count). The molecule has 6 aromatic rings. The lowest BCUT2D eigenvalue weighted by Crippen LogP contribution is -2.10. The minimum Gasteiger partial charge on any atom is -0.508 e. The van der Waals surface area contributed by atoms with Crippen LogP contribution in [0.4, 0.5) is 8.78 Å². The van der Waals surface area contributed by atoms with E-state index >= 15 is 0 Å². The zero-order valence-electron chi connectivity index (χ0n) is 24.2. The monoisotopic (exact) mass is 632 g/mol. The molecule has 2 N–H and O–H groups in total. The Labute approximate surface area is 260 Å². The maximum Gasteiger partial charge on any atom is 0.379 e. The Kier molecular flexibility index (Phi) is 9.20. The highest BCUT2D eigenvalue weighted by Crippen LogP contribution is 2.35. The number of para-hydroxylation sites is 1. The fraction of sp³-hybridized carbons (Fsp3) is 0.143. The SMILES string of the molecule is CCCc1c(Oc2c(F)cccc2Cl)c(=O)oc2cc(O)ccc12.Cc1c(Cc2ccc(F)cc2)c(=O)oc2cc(O)ccc12. The predicted molar refractivity (Wildman–Crippen MR) is 168 cm³/mol. The molecule has 0 unspecified atom stereocenters. The van der Waals surface area contributed by atoms with Gasteiger partial charge in [-0.2, -0.15) is 0 Å². The summed E-state index contributed by atoms with van der Waals surface area (Å²) in [6, 6.07) is 19.3. The molecule has 0 fully saturated rings. The summed E-state index contributed by atoms with van der Waals surface area (Å²) in [5, 5.41) is 20.5. The molecule has 2 heterocycles. The first-order chi connectivity index (χ1) is 21.5. The van der Waals surface area contributed by atoms with Crippen LogP contribution in [0.25, 0.3) is 21.9 Å². The zero-order chi connectivity index (χ0) is 32.2. The van der Waals surface area contributed by atoms with E-state index in [0.717, 1.165) is 22.9 Å². The molecule has 0 saturated carbocycles. The second kappa shape index (κ2) is 13.2. The summed E-state index contributed by atoms with van der Waals surface area (Å²) in [6.45, 7) is 3.79. The Bertz CT molecular complexity index is 2120. The van der Waals surface area contributed by atoms with Gasteiger partial charge in [-0.05, 0) is 73.0 Å². The molecule has 0 amide bonds. The fourth-order valence-corrected chi connectivity index (χ4v) is 5.12. The van der Waals surface area contributed by atoms with Crippen LogP contribution < -0.4 is 16.0 Å². The molecule has 45 heavy (non-hydrogen) atoms. The molecule has 10 heteroatoms. The highest BCUT2D eigenvalue weighted by Gasteiger charge is 2.20. The van der Waals surface area contributed by atoms with Gasteiger partial charge in [0.2, 0.25) is 5.75 Å². The molecule has 4 aromatic carbocycles. The smallest absolute Gasteiger partial charge is 0.379 e. The van der Waals surface area contributed by atoms with Crippen LogP contribution >= 0.6 is 11.6 Å². The van der Waals surface area contributed by atoms with Crippen LogP contribution in [-0.4, -0.2) is 10.2 Å². The van der Waals surface area contributed by atoms with Gasteiger partial charge in [-0.15, -0.1) is 0 Å². The second-order valence-electron chi connectivity index (χ2n) is 10.3. The van der Waals surface area contributed by atoms with Crippen molar-refractivity contribution in [2.24, 2.45) is 0 Å². The Balaban J connectivity index is 0.000000179. The number of aryl methyl sites for hydroxylation is 2. The van der Waals surface area contributed by atoms with E-state index in [9.17, 15) is 28.6 Å². The van der Waals surface area contributed by atoms with Crippen LogP contribution in [0.5, 0.6) is 23.0 Å². The van der Waals surface area contributed by atoms with Crippen molar-refractivity contribution in [1.29, 1.82) is 0 Å². The topological polar surface area (TPSA) is 110 Å². The van der Waals surface area contributed by atoms with Gasteiger partial charge in [-0.25, -0.2) is 18.4 Å². The Morgan fingerprint density at radius 1 is 0.778 bits per heavy atom. The molecule has 0 aliphatic heterocycles. The van der Waals surface area contributed by atoms with Crippen molar-refractivity contribution in [3.63, 3.8) is 0 Å². The third kappa shape index (κ3) is 6.84. The first-order valence-electron chi connectivity index (χ1n) is 14.0. The summed E-state index contributed by atoms with van der Waals surface area (Å²) in [7, 11) is 0. The number of rotatable bonds is 6. The number of benzene rings is 4. The number of phenolic OH excluding ortho intramolecular Hbond substituents is 2. The number of fused-ring (bicyclic) bond motifs is 2. The van der Waals surface area contributed by atoms with Gasteiger partial charge in [0.25, 0.3) is 0 Å². The summed E-state index contributed by atoms with van der Waals surface area (Å²) in [4.78, 5) is 24.4. The zero-order valence-corrected chi connectivity index (χ0v) is 25.0. The number of halogens is 3. The molecule has 0 radical (unpaired) electrons. The summed E-state index contributed by atoms with van der Waals surface area (Å²) in [5.41, 5.74) is 2.19. The van der Waals surface area contributed by atoms with Gasteiger partial charge in [0.15, 0.2) is 11.6 Å². The normalized spacial score (nSPS) is 11.0. The van der Waals surface area contributed by atoms with Crippen LogP contribution in [0.1, 0.15) is 35.6 Å². The standard InChI is InChI=1S/C18H14ClFO4.C17H13FO3/c1-2-4-12-11-8-7-10(21)9-15(11)23-18(22)16(12)24-17-13(19)5-3-6-14(17)20;1-10-14-7-6-13(19)9-16(14)21-17(20)15(10)8-11-2-4-12(18)5-3-11/h3,5-9,21H,2,4H2,1H3;2-7,9,19H,8H2,1H3. The maximum atomic E-state index is 14.0. The van der Waals surface area contributed by atoms with Crippen LogP contribution in [0.15, 0.2) is 97.3 Å². The van der Waals surface area contributed by atoms with Gasteiger partial charge < -0.3 is 23.8 Å². The quantitative estimate of drug-likeness (QED) is 0.177. The molecular weight excluding hydrogens is 606 g/mol. The summed E-state index contributed by atoms with van der Waals surface area (Å²) >= 11 is 5.97. The number of hydrogen-bond donors (Lipinski definition) is 2. The Hall–Kier alpha value is -5.15. The van der Waals surface area contributed by atoms with Crippen molar-refractivity contribution in [1.82, 2.24) is 0 Å². The van der Waals surface area contributed by atoms with E-state index in [0.29, 0.717) is 34.9 Å². The molecule has 0 aliphatic rings. The van der Waals surface area contributed by atoms with Gasteiger partial charge in [0, 0.05) is 40.5 Å². The third-order valence-corrected chi connectivity index (χ3v) is 7.44. The molecular formula is C35H27ClF2O7. The molecule has 2 aromatic heterocycles. The van der Waals surface area contributed by atoms with E-state index in [-0.39, 0.29) is 39.4 Å². The van der Waals surface area contributed by atoms with Crippen molar-refractivity contribution in [3.05, 3.63) is 139 Å². The van der Waals surface area contributed by atoms with Gasteiger partial charge in [-0.3, -0.25) is 0 Å². The van der Waals surface area contributed by atoms with Gasteiger partial charge in [0.1, 0.15) is 28.5 Å². The molecule has 230 valence electrons. The predicted octanol–water partition coefficient (Wildman–Crippen LogP) is 8.57. The highest BCUT2D eigenvalue weighted by molar-refractivity contribution is 6.32. The highest BCUT2D eigenvalue weighted by atomic mass is 35.5. The fourth-order valence-electron chi connectivity index (χ4n) is 4.91. The average Bonchev–Trinajstić information content (AvgIpc) is 2.99. The number of hydrogen-bond acceptors (Lipinski definition) is 7. The largest absolute Gasteiger partial charge is 0.508 e. The number of ether oxygens (including phenoxy) is 1. The summed E-state index contributed by atoms with van der Waals surface area (Å²) in [5.74, 6) is -1.26. The van der Waals surface area contributed by atoms with Crippen molar-refractivity contribution < 1.29 is 32.6 Å². The lowest BCUT2D eigenvalue weighted by Gasteiger charge is -2.13. The van der Waals surface area contributed by atoms with Crippen molar-refractivity contribution in [3.8, 4) is 23.0 Å². The lowest BCUT2D eigenvalue weighted by molar-refractivity contribution is 0.407. The summed E-state index contributed by atoms with van der Waals surface area (Å²) in [6.07, 6.45) is 1.64. The number of aromatic hydroxyl groups is 2. The van der Waals surface area contributed by atoms with E-state index in [1.807, 2.05) is 13.8 Å². The molecule has 0 saturated heterocycles. The lowest BCUT2D eigenvalue weighted by atomic mass is 9.99. The minimum atomic E-state index is -0.754. The maximum absolute atomic E-state index is 14.0. The van der Waals surface area contributed by atoms with Crippen LogP contribution in [0.3, 0.4) is 0 Å². The third-order valence-electron chi connectivity index (χ3n) is 7.14. The number of phenols is 2.